The molecule has 3 nitrogen and oxygen atoms in total. The molecule has 0 radical (unpaired) electrons. The van der Waals surface area contributed by atoms with E-state index in [4.69, 9.17) is 0 Å². The van der Waals surface area contributed by atoms with Crippen LogP contribution in [0.2, 0.25) is 0 Å². The fraction of sp³-hybridized carbons (Fsp3) is 0.500. The summed E-state index contributed by atoms with van der Waals surface area (Å²) < 4.78 is 0. The van der Waals surface area contributed by atoms with Crippen LogP contribution in [0.1, 0.15) is 47.5 Å². The second-order valence-corrected chi connectivity index (χ2v) is 6.27. The average Bonchev–Trinajstić information content (AvgIpc) is 2.90. The van der Waals surface area contributed by atoms with Crippen molar-refractivity contribution in [2.24, 2.45) is 0 Å². The van der Waals surface area contributed by atoms with E-state index in [-0.39, 0.29) is 0 Å². The van der Waals surface area contributed by atoms with Crippen molar-refractivity contribution in [3.63, 3.8) is 0 Å². The maximum Gasteiger partial charge on any atom is 0.0897 e. The van der Waals surface area contributed by atoms with Crippen LogP contribution in [0.3, 0.4) is 0 Å². The van der Waals surface area contributed by atoms with Gasteiger partial charge in [0.2, 0.25) is 0 Å². The van der Waals surface area contributed by atoms with Crippen LogP contribution in [0, 0.1) is 6.92 Å². The van der Waals surface area contributed by atoms with Crippen LogP contribution >= 0.6 is 11.3 Å². The van der Waals surface area contributed by atoms with Gasteiger partial charge in [0.1, 0.15) is 0 Å². The highest BCUT2D eigenvalue weighted by Gasteiger charge is 2.14. The number of nitrogens with one attached hydrogen (secondary N) is 1. The molecule has 0 aliphatic rings. The first-order valence-electron chi connectivity index (χ1n) is 7.32. The van der Waals surface area contributed by atoms with Crippen molar-refractivity contribution in [2.75, 3.05) is 6.54 Å². The van der Waals surface area contributed by atoms with Crippen LogP contribution in [0.4, 0.5) is 0 Å². The summed E-state index contributed by atoms with van der Waals surface area (Å²) >= 11 is 1.77. The van der Waals surface area contributed by atoms with E-state index in [1.165, 1.54) is 10.4 Å². The highest BCUT2D eigenvalue weighted by molar-refractivity contribution is 7.11. The first-order valence-corrected chi connectivity index (χ1v) is 8.14. The predicted molar refractivity (Wildman–Crippen MR) is 85.2 cm³/mol. The van der Waals surface area contributed by atoms with Gasteiger partial charge in [-0.1, -0.05) is 19.9 Å². The van der Waals surface area contributed by atoms with Gasteiger partial charge in [0, 0.05) is 35.4 Å². The van der Waals surface area contributed by atoms with Crippen molar-refractivity contribution in [3.05, 3.63) is 45.7 Å². The smallest absolute Gasteiger partial charge is 0.0897 e. The van der Waals surface area contributed by atoms with Gasteiger partial charge in [-0.05, 0) is 37.9 Å². The van der Waals surface area contributed by atoms with E-state index < -0.39 is 0 Å². The van der Waals surface area contributed by atoms with Crippen LogP contribution in [-0.2, 0) is 12.8 Å². The van der Waals surface area contributed by atoms with E-state index in [0.717, 1.165) is 36.5 Å². The molecule has 20 heavy (non-hydrogen) atoms. The summed E-state index contributed by atoms with van der Waals surface area (Å²) in [7, 11) is 0. The topological polar surface area (TPSA) is 37.8 Å². The number of hydrogen-bond acceptors (Lipinski definition) is 4. The van der Waals surface area contributed by atoms with Crippen LogP contribution in [0.15, 0.2) is 24.5 Å². The zero-order valence-corrected chi connectivity index (χ0v) is 13.3. The number of hydrogen-bond donors (Lipinski definition) is 1. The third-order valence-corrected chi connectivity index (χ3v) is 4.36. The summed E-state index contributed by atoms with van der Waals surface area (Å²) in [5.41, 5.74) is 2.43. The summed E-state index contributed by atoms with van der Waals surface area (Å²) in [5, 5.41) is 4.73. The summed E-state index contributed by atoms with van der Waals surface area (Å²) in [5.74, 6) is 0. The Morgan fingerprint density at radius 3 is 2.60 bits per heavy atom. The molecule has 0 aliphatic carbocycles. The minimum absolute atomic E-state index is 0.320. The van der Waals surface area contributed by atoms with E-state index in [1.54, 1.807) is 11.3 Å². The molecular weight excluding hydrogens is 266 g/mol. The Kier molecular flexibility index (Phi) is 5.68. The quantitative estimate of drug-likeness (QED) is 0.844. The van der Waals surface area contributed by atoms with Gasteiger partial charge >= 0.3 is 0 Å². The maximum atomic E-state index is 4.57. The van der Waals surface area contributed by atoms with E-state index in [0.29, 0.717) is 6.04 Å². The van der Waals surface area contributed by atoms with Gasteiger partial charge in [-0.3, -0.25) is 4.98 Å². The molecule has 0 fully saturated rings. The lowest BCUT2D eigenvalue weighted by Gasteiger charge is -2.16. The molecule has 2 rings (SSSR count). The monoisotopic (exact) mass is 289 g/mol. The van der Waals surface area contributed by atoms with Crippen LogP contribution in [0.5, 0.6) is 0 Å². The Hall–Kier alpha value is -1.26. The predicted octanol–water partition coefficient (Wildman–Crippen LogP) is 3.69. The zero-order valence-electron chi connectivity index (χ0n) is 12.5. The second kappa shape index (κ2) is 7.50. The Morgan fingerprint density at radius 1 is 1.20 bits per heavy atom. The van der Waals surface area contributed by atoms with Crippen molar-refractivity contribution in [2.45, 2.75) is 46.1 Å². The molecule has 4 heteroatoms. The van der Waals surface area contributed by atoms with Crippen LogP contribution in [0.25, 0.3) is 0 Å². The van der Waals surface area contributed by atoms with Crippen molar-refractivity contribution in [1.29, 1.82) is 0 Å². The van der Waals surface area contributed by atoms with Gasteiger partial charge in [-0.25, -0.2) is 4.98 Å². The third-order valence-electron chi connectivity index (χ3n) is 3.33. The highest BCUT2D eigenvalue weighted by Crippen LogP contribution is 2.23. The zero-order chi connectivity index (χ0) is 14.4. The number of aromatic nitrogens is 2. The van der Waals surface area contributed by atoms with E-state index >= 15 is 0 Å². The van der Waals surface area contributed by atoms with Gasteiger partial charge in [-0.2, -0.15) is 0 Å². The summed E-state index contributed by atoms with van der Waals surface area (Å²) in [6, 6.07) is 4.64. The SMILES string of the molecule is CCCNC(Cc1ccc(CC)cn1)c1cnc(C)s1. The van der Waals surface area contributed by atoms with Gasteiger partial charge in [0.25, 0.3) is 0 Å². The van der Waals surface area contributed by atoms with Crippen molar-refractivity contribution >= 4 is 11.3 Å². The average molecular weight is 289 g/mol. The number of nitrogens with zero attached hydrogens (tertiary/aromatic N) is 2. The third kappa shape index (κ3) is 4.12. The summed E-state index contributed by atoms with van der Waals surface area (Å²) in [6.45, 7) is 7.42. The molecule has 0 amide bonds. The number of rotatable bonds is 7. The van der Waals surface area contributed by atoms with E-state index in [1.807, 2.05) is 12.4 Å². The standard InChI is InChI=1S/C16H23N3S/c1-4-8-17-15(16-11-18-12(3)20-16)9-14-7-6-13(5-2)10-19-14/h6-7,10-11,15,17H,4-5,8-9H2,1-3H3. The minimum atomic E-state index is 0.320. The fourth-order valence-corrected chi connectivity index (χ4v) is 2.99. The van der Waals surface area contributed by atoms with Gasteiger partial charge in [0.05, 0.1) is 5.01 Å². The number of thiazole rings is 1. The molecule has 0 aromatic carbocycles. The lowest BCUT2D eigenvalue weighted by atomic mass is 10.1. The second-order valence-electron chi connectivity index (χ2n) is 5.00. The van der Waals surface area contributed by atoms with Crippen molar-refractivity contribution in [3.8, 4) is 0 Å². The van der Waals surface area contributed by atoms with Gasteiger partial charge in [0.15, 0.2) is 0 Å². The maximum absolute atomic E-state index is 4.57. The molecule has 0 bridgehead atoms. The van der Waals surface area contributed by atoms with E-state index in [2.05, 4.69) is 48.2 Å². The normalized spacial score (nSPS) is 12.6. The molecule has 0 spiro atoms. The Morgan fingerprint density at radius 2 is 2.05 bits per heavy atom. The molecule has 0 saturated carbocycles. The minimum Gasteiger partial charge on any atom is -0.309 e. The molecule has 2 aromatic heterocycles. The largest absolute Gasteiger partial charge is 0.309 e. The summed E-state index contributed by atoms with van der Waals surface area (Å²) in [4.78, 5) is 10.2. The van der Waals surface area contributed by atoms with Crippen LogP contribution in [-0.4, -0.2) is 16.5 Å². The molecule has 1 N–H and O–H groups in total. The first kappa shape index (κ1) is 15.1. The Balaban J connectivity index is 2.10. The van der Waals surface area contributed by atoms with Crippen molar-refractivity contribution < 1.29 is 0 Å². The highest BCUT2D eigenvalue weighted by atomic mass is 32.1. The Labute approximate surface area is 125 Å². The molecule has 0 aliphatic heterocycles. The van der Waals surface area contributed by atoms with Gasteiger partial charge in [-0.15, -0.1) is 11.3 Å². The lowest BCUT2D eigenvalue weighted by Crippen LogP contribution is -2.23. The molecular formula is C16H23N3S. The molecule has 2 aromatic rings. The first-order chi connectivity index (χ1) is 9.72. The van der Waals surface area contributed by atoms with Crippen LogP contribution < -0.4 is 5.32 Å². The number of pyridine rings is 1. The fourth-order valence-electron chi connectivity index (χ4n) is 2.12. The molecule has 2 heterocycles. The molecule has 1 atom stereocenters. The van der Waals surface area contributed by atoms with Gasteiger partial charge < -0.3 is 5.32 Å². The van der Waals surface area contributed by atoms with E-state index in [9.17, 15) is 0 Å². The molecule has 0 saturated heterocycles. The Bertz CT molecular complexity index is 519. The lowest BCUT2D eigenvalue weighted by molar-refractivity contribution is 0.531. The van der Waals surface area contributed by atoms with Crippen molar-refractivity contribution in [1.82, 2.24) is 15.3 Å². The summed E-state index contributed by atoms with van der Waals surface area (Å²) in [6.07, 6.45) is 7.08. The molecule has 108 valence electrons. The molecule has 1 unspecified atom stereocenters. The number of aryl methyl sites for hydroxylation is 2.